The summed E-state index contributed by atoms with van der Waals surface area (Å²) in [5, 5.41) is 11.5. The lowest BCUT2D eigenvalue weighted by Gasteiger charge is -2.03. The van der Waals surface area contributed by atoms with E-state index in [1.165, 1.54) is 4.73 Å². The Hall–Kier alpha value is -1.64. The van der Waals surface area contributed by atoms with Crippen molar-refractivity contribution in [3.8, 4) is 5.88 Å². The van der Waals surface area contributed by atoms with Crippen molar-refractivity contribution < 1.29 is 9.94 Å². The molecule has 0 unspecified atom stereocenters. The van der Waals surface area contributed by atoms with Crippen molar-refractivity contribution in [3.63, 3.8) is 0 Å². The molecule has 0 bridgehead atoms. The molecule has 0 fully saturated rings. The topological polar surface area (TPSA) is 34.4 Å². The lowest BCUT2D eigenvalue weighted by Crippen LogP contribution is -2.07. The van der Waals surface area contributed by atoms with E-state index in [0.29, 0.717) is 6.61 Å². The average Bonchev–Trinajstić information content (AvgIpc) is 2.46. The summed E-state index contributed by atoms with van der Waals surface area (Å²) in [6, 6.07) is 7.61. The van der Waals surface area contributed by atoms with Crippen LogP contribution in [0.5, 0.6) is 5.88 Å². The molecule has 1 N–H and O–H groups in total. The summed E-state index contributed by atoms with van der Waals surface area (Å²) in [4.78, 5) is 5.19. The van der Waals surface area contributed by atoms with Gasteiger partial charge in [-0.05, 0) is 13.0 Å². The van der Waals surface area contributed by atoms with Gasteiger partial charge in [0.2, 0.25) is 5.88 Å². The first-order valence-corrected chi connectivity index (χ1v) is 4.25. The van der Waals surface area contributed by atoms with Crippen LogP contribution < -0.4 is 4.84 Å². The van der Waals surface area contributed by atoms with Gasteiger partial charge < -0.3 is 9.94 Å². The molecule has 0 atom stereocenters. The van der Waals surface area contributed by atoms with Crippen molar-refractivity contribution in [1.29, 1.82) is 0 Å². The normalized spacial score (nSPS) is 10.5. The molecule has 0 spiro atoms. The third-order valence-electron chi connectivity index (χ3n) is 1.93. The van der Waals surface area contributed by atoms with Crippen LogP contribution in [0, 0.1) is 0 Å². The Kier molecular flexibility index (Phi) is 1.85. The van der Waals surface area contributed by atoms with E-state index >= 15 is 0 Å². The number of benzene rings is 1. The first kappa shape index (κ1) is 7.98. The van der Waals surface area contributed by atoms with Crippen LogP contribution in [0.1, 0.15) is 6.92 Å². The maximum Gasteiger partial charge on any atom is 0.232 e. The Morgan fingerprint density at radius 3 is 2.85 bits per heavy atom. The quantitative estimate of drug-likeness (QED) is 0.758. The fourth-order valence-corrected chi connectivity index (χ4v) is 1.36. The molecule has 0 aliphatic rings. The molecule has 2 aromatic rings. The van der Waals surface area contributed by atoms with Gasteiger partial charge in [0.25, 0.3) is 0 Å². The molecule has 2 rings (SSSR count). The molecule has 3 heteroatoms. The number of fused-ring (bicyclic) bond motifs is 1. The van der Waals surface area contributed by atoms with Gasteiger partial charge in [0.05, 0.1) is 6.20 Å². The Balaban J connectivity index is 2.60. The Labute approximate surface area is 76.1 Å². The van der Waals surface area contributed by atoms with Crippen molar-refractivity contribution in [2.45, 2.75) is 6.92 Å². The molecule has 1 heterocycles. The summed E-state index contributed by atoms with van der Waals surface area (Å²) in [7, 11) is 0. The van der Waals surface area contributed by atoms with Gasteiger partial charge in [-0.3, -0.25) is 0 Å². The lowest BCUT2D eigenvalue weighted by atomic mass is 10.2. The molecule has 0 saturated carbocycles. The third-order valence-corrected chi connectivity index (χ3v) is 1.93. The monoisotopic (exact) mass is 177 g/mol. The number of aromatic nitrogens is 1. The van der Waals surface area contributed by atoms with Gasteiger partial charge in [-0.1, -0.05) is 18.2 Å². The van der Waals surface area contributed by atoms with Gasteiger partial charge in [0.1, 0.15) is 6.61 Å². The van der Waals surface area contributed by atoms with E-state index < -0.39 is 0 Å². The van der Waals surface area contributed by atoms with Crippen molar-refractivity contribution >= 4 is 10.8 Å². The maximum atomic E-state index is 9.66. The van der Waals surface area contributed by atoms with Crippen molar-refractivity contribution in [2.24, 2.45) is 0 Å². The molecule has 1 aromatic heterocycles. The minimum atomic E-state index is 0.164. The Morgan fingerprint density at radius 1 is 1.38 bits per heavy atom. The summed E-state index contributed by atoms with van der Waals surface area (Å²) in [6.45, 7) is 2.42. The zero-order valence-corrected chi connectivity index (χ0v) is 7.40. The molecule has 1 aromatic carbocycles. The molecular weight excluding hydrogens is 166 g/mol. The number of rotatable bonds is 2. The van der Waals surface area contributed by atoms with Crippen LogP contribution >= 0.6 is 0 Å². The molecule has 0 aliphatic heterocycles. The van der Waals surface area contributed by atoms with E-state index in [0.717, 1.165) is 10.8 Å². The zero-order chi connectivity index (χ0) is 9.26. The number of nitrogens with zero attached hydrogens (tertiary/aromatic N) is 1. The van der Waals surface area contributed by atoms with Gasteiger partial charge in [-0.25, -0.2) is 0 Å². The van der Waals surface area contributed by atoms with Crippen molar-refractivity contribution in [1.82, 2.24) is 4.73 Å². The zero-order valence-electron chi connectivity index (χ0n) is 7.40. The Morgan fingerprint density at radius 2 is 2.15 bits per heavy atom. The third kappa shape index (κ3) is 1.22. The molecular formula is C10H11NO2. The van der Waals surface area contributed by atoms with E-state index in [1.54, 1.807) is 6.20 Å². The second-order valence-corrected chi connectivity index (χ2v) is 2.78. The molecule has 68 valence electrons. The van der Waals surface area contributed by atoms with Crippen LogP contribution in [-0.2, 0) is 0 Å². The van der Waals surface area contributed by atoms with Gasteiger partial charge in [-0.2, -0.15) is 4.73 Å². The van der Waals surface area contributed by atoms with Gasteiger partial charge >= 0.3 is 0 Å². The standard InChI is InChI=1S/C10H11NO2/c1-2-13-11-7-8-5-3-4-6-9(8)10(11)12/h3-7,12H,2H2,1H3. The van der Waals surface area contributed by atoms with Crippen molar-refractivity contribution in [2.75, 3.05) is 6.61 Å². The highest BCUT2D eigenvalue weighted by Crippen LogP contribution is 2.25. The lowest BCUT2D eigenvalue weighted by molar-refractivity contribution is 0.104. The first-order valence-electron chi connectivity index (χ1n) is 4.25. The molecule has 0 amide bonds. The highest BCUT2D eigenvalue weighted by atomic mass is 16.7. The minimum absolute atomic E-state index is 0.164. The predicted octanol–water partition coefficient (Wildman–Crippen LogP) is 1.80. The minimum Gasteiger partial charge on any atom is -0.492 e. The van der Waals surface area contributed by atoms with Crippen LogP contribution in [0.15, 0.2) is 30.5 Å². The highest BCUT2D eigenvalue weighted by Gasteiger charge is 2.06. The average molecular weight is 177 g/mol. The van der Waals surface area contributed by atoms with Crippen LogP contribution in [0.2, 0.25) is 0 Å². The first-order chi connectivity index (χ1) is 6.33. The number of hydrogen-bond acceptors (Lipinski definition) is 2. The molecule has 13 heavy (non-hydrogen) atoms. The van der Waals surface area contributed by atoms with Crippen LogP contribution in [0.4, 0.5) is 0 Å². The molecule has 3 nitrogen and oxygen atoms in total. The fraction of sp³-hybridized carbons (Fsp3) is 0.200. The molecule has 0 aliphatic carbocycles. The summed E-state index contributed by atoms with van der Waals surface area (Å²) < 4.78 is 1.39. The van der Waals surface area contributed by atoms with E-state index in [-0.39, 0.29) is 5.88 Å². The van der Waals surface area contributed by atoms with Gasteiger partial charge in [0, 0.05) is 10.8 Å². The molecule has 0 saturated heterocycles. The second kappa shape index (κ2) is 3.01. The van der Waals surface area contributed by atoms with E-state index in [2.05, 4.69) is 0 Å². The van der Waals surface area contributed by atoms with Crippen molar-refractivity contribution in [3.05, 3.63) is 30.5 Å². The second-order valence-electron chi connectivity index (χ2n) is 2.78. The number of hydrogen-bond donors (Lipinski definition) is 1. The summed E-state index contributed by atoms with van der Waals surface area (Å²) in [6.07, 6.45) is 1.77. The summed E-state index contributed by atoms with van der Waals surface area (Å²) in [5.41, 5.74) is 0. The Bertz CT molecular complexity index is 420. The maximum absolute atomic E-state index is 9.66. The largest absolute Gasteiger partial charge is 0.492 e. The van der Waals surface area contributed by atoms with E-state index in [4.69, 9.17) is 4.84 Å². The van der Waals surface area contributed by atoms with E-state index in [9.17, 15) is 5.11 Å². The SMILES string of the molecule is CCOn1cc2ccccc2c1O. The molecule has 0 radical (unpaired) electrons. The van der Waals surface area contributed by atoms with Crippen LogP contribution in [-0.4, -0.2) is 16.4 Å². The summed E-state index contributed by atoms with van der Waals surface area (Å²) in [5.74, 6) is 0.164. The van der Waals surface area contributed by atoms with E-state index in [1.807, 2.05) is 31.2 Å². The smallest absolute Gasteiger partial charge is 0.232 e. The van der Waals surface area contributed by atoms with Gasteiger partial charge in [0.15, 0.2) is 0 Å². The predicted molar refractivity (Wildman–Crippen MR) is 50.7 cm³/mol. The summed E-state index contributed by atoms with van der Waals surface area (Å²) >= 11 is 0. The van der Waals surface area contributed by atoms with Crippen LogP contribution in [0.25, 0.3) is 10.8 Å². The van der Waals surface area contributed by atoms with Gasteiger partial charge in [-0.15, -0.1) is 0 Å². The van der Waals surface area contributed by atoms with Crippen LogP contribution in [0.3, 0.4) is 0 Å². The number of aromatic hydroxyl groups is 1. The highest BCUT2D eigenvalue weighted by molar-refractivity contribution is 5.87. The fourth-order valence-electron chi connectivity index (χ4n) is 1.36.